The number of imidazole rings is 1. The molecule has 311 valence electrons. The summed E-state index contributed by atoms with van der Waals surface area (Å²) in [6.07, 6.45) is 6.55. The van der Waals surface area contributed by atoms with Gasteiger partial charge in [0.15, 0.2) is 0 Å². The minimum atomic E-state index is -1.86. The van der Waals surface area contributed by atoms with E-state index < -0.39 is 13.3 Å². The van der Waals surface area contributed by atoms with E-state index in [0.717, 1.165) is 73.5 Å². The van der Waals surface area contributed by atoms with Crippen LogP contribution >= 0.6 is 0 Å². The number of aryl methyl sites for hydroxylation is 2. The second-order valence-electron chi connectivity index (χ2n) is 18.3. The van der Waals surface area contributed by atoms with Crippen molar-refractivity contribution in [2.24, 2.45) is 5.92 Å². The summed E-state index contributed by atoms with van der Waals surface area (Å²) in [6, 6.07) is 43.2. The van der Waals surface area contributed by atoms with Crippen LogP contribution in [-0.4, -0.2) is 37.8 Å². The molecule has 0 aliphatic carbocycles. The van der Waals surface area contributed by atoms with Crippen molar-refractivity contribution >= 4 is 50.8 Å². The van der Waals surface area contributed by atoms with E-state index in [1.165, 1.54) is 11.1 Å². The SMILES string of the molecule is CC(C)Cc1cc(-c2[c-]cccc2)nc[c]1[Ge]([CH3])([CH3])[CH3].Cc1ccc2c(n1)oc1c(-c3nc4ccccc4n3-c3ccc(C(C)(C)C)cc3-c3ccccc3)[c-]nc(C)c12.[Ir]. The zero-order valence-electron chi connectivity index (χ0n) is 36.8. The van der Waals surface area contributed by atoms with E-state index in [2.05, 4.69) is 159 Å². The van der Waals surface area contributed by atoms with Crippen LogP contribution in [0.4, 0.5) is 0 Å². The number of aromatic nitrogens is 5. The van der Waals surface area contributed by atoms with Crippen molar-refractivity contribution < 1.29 is 24.5 Å². The molecule has 0 atom stereocenters. The summed E-state index contributed by atoms with van der Waals surface area (Å²) in [5.41, 5.74) is 13.9. The molecule has 5 heterocycles. The number of pyridine rings is 3. The zero-order valence-corrected chi connectivity index (χ0v) is 41.3. The molecule has 0 spiro atoms. The van der Waals surface area contributed by atoms with Gasteiger partial charge in [-0.1, -0.05) is 76.2 Å². The summed E-state index contributed by atoms with van der Waals surface area (Å²) in [5, 5.41) is 1.89. The molecule has 9 aromatic rings. The van der Waals surface area contributed by atoms with Crippen LogP contribution in [0.15, 0.2) is 126 Å². The molecule has 8 heteroatoms. The van der Waals surface area contributed by atoms with E-state index in [1.807, 2.05) is 50.2 Å². The molecule has 9 rings (SSSR count). The first kappa shape index (κ1) is 43.9. The maximum absolute atomic E-state index is 6.43. The van der Waals surface area contributed by atoms with Gasteiger partial charge in [0, 0.05) is 42.4 Å². The molecule has 0 bridgehead atoms. The first-order valence-corrected chi connectivity index (χ1v) is 28.2. The fourth-order valence-corrected chi connectivity index (χ4v) is 11.3. The van der Waals surface area contributed by atoms with E-state index in [0.29, 0.717) is 22.8 Å². The predicted octanol–water partition coefficient (Wildman–Crippen LogP) is 13.1. The molecule has 6 nitrogen and oxygen atoms in total. The summed E-state index contributed by atoms with van der Waals surface area (Å²) < 4.78 is 10.2. The Labute approximate surface area is 376 Å². The van der Waals surface area contributed by atoms with E-state index in [4.69, 9.17) is 19.4 Å². The third-order valence-corrected chi connectivity index (χ3v) is 15.3. The normalized spacial score (nSPS) is 11.9. The number of furan rings is 1. The van der Waals surface area contributed by atoms with Crippen LogP contribution in [0.25, 0.3) is 72.6 Å². The molecule has 0 unspecified atom stereocenters. The largest absolute Gasteiger partial charge is 0.486 e. The molecule has 4 aromatic carbocycles. The van der Waals surface area contributed by atoms with Gasteiger partial charge in [0.25, 0.3) is 0 Å². The second kappa shape index (κ2) is 17.6. The number of fused-ring (bicyclic) bond motifs is 4. The molecule has 0 N–H and O–H groups in total. The molecule has 5 aromatic heterocycles. The molecular formula is C53H53GeIrN5O-2. The van der Waals surface area contributed by atoms with Gasteiger partial charge in [0.2, 0.25) is 5.71 Å². The summed E-state index contributed by atoms with van der Waals surface area (Å²) in [6.45, 7) is 15.3. The van der Waals surface area contributed by atoms with Gasteiger partial charge in [-0.05, 0) is 82.7 Å². The summed E-state index contributed by atoms with van der Waals surface area (Å²) in [4.78, 5) is 19.2. The van der Waals surface area contributed by atoms with Crippen LogP contribution in [0.5, 0.6) is 0 Å². The molecule has 0 saturated carbocycles. The van der Waals surface area contributed by atoms with E-state index in [1.54, 1.807) is 4.40 Å². The van der Waals surface area contributed by atoms with Crippen molar-refractivity contribution in [3.05, 3.63) is 156 Å². The Morgan fingerprint density at radius 3 is 2.26 bits per heavy atom. The molecule has 0 saturated heterocycles. The Kier molecular flexibility index (Phi) is 12.7. The molecule has 61 heavy (non-hydrogen) atoms. The smallest absolute Gasteiger partial charge is 0.216 e. The molecule has 0 amide bonds. The van der Waals surface area contributed by atoms with Crippen molar-refractivity contribution in [3.63, 3.8) is 0 Å². The number of hydrogen-bond donors (Lipinski definition) is 0. The zero-order chi connectivity index (χ0) is 42.3. The predicted molar refractivity (Wildman–Crippen MR) is 252 cm³/mol. The third kappa shape index (κ3) is 9.06. The van der Waals surface area contributed by atoms with Gasteiger partial charge >= 0.3 is 126 Å². The fourth-order valence-electron chi connectivity index (χ4n) is 7.97. The number of rotatable bonds is 7. The van der Waals surface area contributed by atoms with Gasteiger partial charge in [-0.2, -0.15) is 0 Å². The van der Waals surface area contributed by atoms with Crippen LogP contribution in [0.3, 0.4) is 0 Å². The molecule has 0 aliphatic heterocycles. The number of benzene rings is 4. The Morgan fingerprint density at radius 2 is 1.56 bits per heavy atom. The maximum atomic E-state index is 6.43. The molecular weight excluding hydrogens is 987 g/mol. The minimum Gasteiger partial charge on any atom is -0.486 e. The van der Waals surface area contributed by atoms with E-state index in [9.17, 15) is 0 Å². The average molecular weight is 1040 g/mol. The monoisotopic (exact) mass is 1040 g/mol. The van der Waals surface area contributed by atoms with E-state index in [-0.39, 0.29) is 25.5 Å². The van der Waals surface area contributed by atoms with Gasteiger partial charge in [-0.25, -0.2) is 4.98 Å². The minimum absolute atomic E-state index is 0. The number of para-hydroxylation sites is 2. The van der Waals surface area contributed by atoms with Crippen molar-refractivity contribution in [1.29, 1.82) is 0 Å². The van der Waals surface area contributed by atoms with Crippen LogP contribution in [0, 0.1) is 32.0 Å². The fraction of sp³-hybridized carbons (Fsp3) is 0.245. The first-order valence-electron chi connectivity index (χ1n) is 20.9. The van der Waals surface area contributed by atoms with Gasteiger partial charge in [0.1, 0.15) is 0 Å². The first-order chi connectivity index (χ1) is 28.7. The topological polar surface area (TPSA) is 69.6 Å². The molecule has 1 radical (unpaired) electrons. The average Bonchev–Trinajstić information content (AvgIpc) is 3.80. The molecule has 0 fully saturated rings. The second-order valence-corrected chi connectivity index (χ2v) is 28.8. The van der Waals surface area contributed by atoms with E-state index >= 15 is 0 Å². The van der Waals surface area contributed by atoms with Crippen LogP contribution in [0.2, 0.25) is 17.3 Å². The van der Waals surface area contributed by atoms with Crippen molar-refractivity contribution in [2.75, 3.05) is 0 Å². The standard InChI is InChI=1S/C35H29N4O.C18H24GeN.Ir/c1-21-15-17-25-31-22(2)36-20-27(32(31)40-34(25)37-21)33-38-28-13-9-10-14-30(28)39(33)29-18-16-24(35(3,4)5)19-26(29)23-11-7-6-8-12-23;1-14(2)11-16-12-18(15-9-7-6-8-10-15)20-13-17(16)19(3,4)5;/h6-19H,1-5H3;6-9,12-14H,11H2,1-5H3;/q2*-1;. The third-order valence-electron chi connectivity index (χ3n) is 11.0. The van der Waals surface area contributed by atoms with Crippen LogP contribution < -0.4 is 4.40 Å². The number of nitrogens with zero attached hydrogens (tertiary/aromatic N) is 5. The quantitative estimate of drug-likeness (QED) is 0.117. The van der Waals surface area contributed by atoms with Crippen molar-refractivity contribution in [1.82, 2.24) is 24.5 Å². The summed E-state index contributed by atoms with van der Waals surface area (Å²) in [7, 11) is 0. The van der Waals surface area contributed by atoms with Gasteiger partial charge in [-0.3, -0.25) is 4.98 Å². The summed E-state index contributed by atoms with van der Waals surface area (Å²) >= 11 is -1.86. The van der Waals surface area contributed by atoms with Gasteiger partial charge < -0.3 is 14.0 Å². The Hall–Kier alpha value is -5.21. The number of hydrogen-bond acceptors (Lipinski definition) is 5. The van der Waals surface area contributed by atoms with Gasteiger partial charge in [0.05, 0.1) is 22.4 Å². The van der Waals surface area contributed by atoms with Gasteiger partial charge in [-0.15, -0.1) is 0 Å². The van der Waals surface area contributed by atoms with Crippen LogP contribution in [-0.2, 0) is 31.9 Å². The Morgan fingerprint density at radius 1 is 0.820 bits per heavy atom. The van der Waals surface area contributed by atoms with Crippen molar-refractivity contribution in [2.45, 2.75) is 77.6 Å². The van der Waals surface area contributed by atoms with Crippen LogP contribution in [0.1, 0.15) is 57.1 Å². The summed E-state index contributed by atoms with van der Waals surface area (Å²) in [5.74, 6) is 8.73. The Balaban J connectivity index is 0.000000226. The molecule has 0 aliphatic rings. The Bertz CT molecular complexity index is 2980. The van der Waals surface area contributed by atoms with Crippen molar-refractivity contribution in [3.8, 4) is 39.5 Å². The maximum Gasteiger partial charge on any atom is 0.216 e.